The number of rotatable bonds is 1. The lowest BCUT2D eigenvalue weighted by Crippen LogP contribution is -2.42. The zero-order valence-corrected chi connectivity index (χ0v) is 11.8. The lowest BCUT2D eigenvalue weighted by Gasteiger charge is -1.98. The third-order valence-corrected chi connectivity index (χ3v) is 2.16. The van der Waals surface area contributed by atoms with Crippen molar-refractivity contribution >= 4 is 10.8 Å². The zero-order chi connectivity index (χ0) is 13.3. The summed E-state index contributed by atoms with van der Waals surface area (Å²) in [5.41, 5.74) is 1.10. The molecule has 0 bridgehead atoms. The summed E-state index contributed by atoms with van der Waals surface area (Å²) >= 11 is 0. The van der Waals surface area contributed by atoms with Crippen molar-refractivity contribution in [2.24, 2.45) is 0 Å². The molecule has 0 aliphatic rings. The van der Waals surface area contributed by atoms with Crippen molar-refractivity contribution in [3.63, 3.8) is 0 Å². The number of benzene rings is 1. The Morgan fingerprint density at radius 2 is 1.47 bits per heavy atom. The quantitative estimate of drug-likeness (QED) is 0.688. The molecule has 1 aromatic carbocycles. The Morgan fingerprint density at radius 3 is 2.00 bits per heavy atom. The Kier molecular flexibility index (Phi) is 7.78. The van der Waals surface area contributed by atoms with Gasteiger partial charge in [0.1, 0.15) is 7.11 Å². The minimum absolute atomic E-state index is 1.10. The number of pyridine rings is 1. The first kappa shape index (κ1) is 15.4. The average Bonchev–Trinajstić information content (AvgIpc) is 2.42. The van der Waals surface area contributed by atoms with Gasteiger partial charge in [0, 0.05) is 17.7 Å². The highest BCUT2D eigenvalue weighted by Gasteiger charge is 2.07. The van der Waals surface area contributed by atoms with Crippen LogP contribution in [0.2, 0.25) is 0 Å². The maximum Gasteiger partial charge on any atom is 0.231 e. The monoisotopic (exact) mass is 234 g/mol. The van der Waals surface area contributed by atoms with E-state index in [-0.39, 0.29) is 0 Å². The predicted molar refractivity (Wildman–Crippen MR) is 74.1 cm³/mol. The van der Waals surface area contributed by atoms with E-state index in [1.165, 1.54) is 10.8 Å². The molecule has 0 atom stereocenters. The predicted octanol–water partition coefficient (Wildman–Crippen LogP) is 3.55. The van der Waals surface area contributed by atoms with Crippen LogP contribution in [0.1, 0.15) is 33.4 Å². The molecular formula is C15H24NO+. The van der Waals surface area contributed by atoms with Gasteiger partial charge in [-0.25, -0.2) is 0 Å². The highest BCUT2D eigenvalue weighted by atomic mass is 16.6. The Morgan fingerprint density at radius 1 is 0.941 bits per heavy atom. The minimum atomic E-state index is 1.10. The molecule has 0 spiro atoms. The molecule has 0 radical (unpaired) electrons. The van der Waals surface area contributed by atoms with Gasteiger partial charge in [-0.3, -0.25) is 4.84 Å². The Labute approximate surface area is 105 Å². The van der Waals surface area contributed by atoms with Crippen molar-refractivity contribution in [3.8, 4) is 0 Å². The van der Waals surface area contributed by atoms with Crippen LogP contribution in [0.3, 0.4) is 0 Å². The van der Waals surface area contributed by atoms with E-state index in [2.05, 4.69) is 18.2 Å². The Hall–Kier alpha value is -1.57. The summed E-state index contributed by atoms with van der Waals surface area (Å²) in [6.45, 7) is 10.0. The normalized spacial score (nSPS) is 8.59. The van der Waals surface area contributed by atoms with Crippen LogP contribution < -0.4 is 9.57 Å². The van der Waals surface area contributed by atoms with E-state index in [9.17, 15) is 0 Å². The van der Waals surface area contributed by atoms with Gasteiger partial charge < -0.3 is 0 Å². The number of aryl methyl sites for hydroxylation is 1. The molecule has 17 heavy (non-hydrogen) atoms. The summed E-state index contributed by atoms with van der Waals surface area (Å²) in [7, 11) is 1.67. The number of hydrogen-bond acceptors (Lipinski definition) is 1. The van der Waals surface area contributed by atoms with Gasteiger partial charge in [0.05, 0.1) is 5.39 Å². The molecule has 2 rings (SSSR count). The van der Waals surface area contributed by atoms with Crippen LogP contribution in [0.25, 0.3) is 10.8 Å². The lowest BCUT2D eigenvalue weighted by atomic mass is 10.1. The van der Waals surface area contributed by atoms with E-state index in [0.29, 0.717) is 0 Å². The number of fused-ring (bicyclic) bond motifs is 1. The van der Waals surface area contributed by atoms with Crippen LogP contribution in [-0.4, -0.2) is 7.11 Å². The summed E-state index contributed by atoms with van der Waals surface area (Å²) in [6.07, 6.45) is 1.99. The van der Waals surface area contributed by atoms with Crippen LogP contribution >= 0.6 is 0 Å². The molecule has 1 heterocycles. The first-order valence-electron chi connectivity index (χ1n) is 6.27. The molecular weight excluding hydrogens is 210 g/mol. The van der Waals surface area contributed by atoms with Crippen molar-refractivity contribution in [2.45, 2.75) is 34.6 Å². The fourth-order valence-corrected chi connectivity index (χ4v) is 1.47. The maximum absolute atomic E-state index is 5.17. The van der Waals surface area contributed by atoms with Crippen LogP contribution in [0.5, 0.6) is 0 Å². The fraction of sp³-hybridized carbons (Fsp3) is 0.400. The van der Waals surface area contributed by atoms with E-state index >= 15 is 0 Å². The summed E-state index contributed by atoms with van der Waals surface area (Å²) in [4.78, 5) is 5.17. The van der Waals surface area contributed by atoms with Crippen molar-refractivity contribution in [2.75, 3.05) is 7.11 Å². The third kappa shape index (κ3) is 4.06. The molecule has 2 aromatic rings. The molecule has 0 aliphatic carbocycles. The van der Waals surface area contributed by atoms with Gasteiger partial charge in [0.15, 0.2) is 0 Å². The summed E-state index contributed by atoms with van der Waals surface area (Å²) < 4.78 is 1.77. The molecule has 2 heteroatoms. The first-order valence-corrected chi connectivity index (χ1v) is 6.27. The summed E-state index contributed by atoms with van der Waals surface area (Å²) in [5.74, 6) is 0. The van der Waals surface area contributed by atoms with Gasteiger partial charge in [0.25, 0.3) is 0 Å². The second kappa shape index (κ2) is 8.57. The third-order valence-electron chi connectivity index (χ3n) is 2.16. The molecule has 1 aromatic heterocycles. The highest BCUT2D eigenvalue weighted by Crippen LogP contribution is 2.11. The number of nitrogens with zero attached hydrogens (tertiary/aromatic N) is 1. The summed E-state index contributed by atoms with van der Waals surface area (Å²) in [5, 5.41) is 2.43. The smallest absolute Gasteiger partial charge is 0.231 e. The van der Waals surface area contributed by atoms with E-state index < -0.39 is 0 Å². The second-order valence-electron chi connectivity index (χ2n) is 3.05. The molecule has 2 nitrogen and oxygen atoms in total. The standard InChI is InChI=1S/C11H12NO.2C2H6/c1-9-7-10-5-3-4-6-11(10)8-12(9)13-2;2*1-2/h3-8H,1-2H3;2*1-2H3/q+1;;. The van der Waals surface area contributed by atoms with E-state index in [0.717, 1.165) is 5.69 Å². The number of hydrogen-bond donors (Lipinski definition) is 0. The van der Waals surface area contributed by atoms with E-state index in [4.69, 9.17) is 4.84 Å². The SMILES string of the molecule is CC.CC.CO[n+]1cc2ccccc2cc1C. The maximum atomic E-state index is 5.17. The van der Waals surface area contributed by atoms with Gasteiger partial charge >= 0.3 is 0 Å². The molecule has 0 saturated heterocycles. The van der Waals surface area contributed by atoms with Crippen molar-refractivity contribution in [1.82, 2.24) is 0 Å². The molecule has 0 fully saturated rings. The lowest BCUT2D eigenvalue weighted by molar-refractivity contribution is -0.888. The first-order chi connectivity index (χ1) is 8.31. The van der Waals surface area contributed by atoms with Gasteiger partial charge in [0.2, 0.25) is 11.9 Å². The molecule has 94 valence electrons. The molecule has 0 aliphatic heterocycles. The summed E-state index contributed by atoms with van der Waals surface area (Å²) in [6, 6.07) is 10.3. The minimum Gasteiger partial charge on any atom is -0.274 e. The van der Waals surface area contributed by atoms with Crippen LogP contribution in [0, 0.1) is 6.92 Å². The van der Waals surface area contributed by atoms with Crippen molar-refractivity contribution in [3.05, 3.63) is 42.2 Å². The van der Waals surface area contributed by atoms with E-state index in [1.807, 2.05) is 52.9 Å². The molecule has 0 saturated carbocycles. The van der Waals surface area contributed by atoms with Crippen LogP contribution in [0.4, 0.5) is 0 Å². The molecule has 0 N–H and O–H groups in total. The molecule has 0 amide bonds. The second-order valence-corrected chi connectivity index (χ2v) is 3.05. The van der Waals surface area contributed by atoms with Crippen LogP contribution in [0.15, 0.2) is 36.5 Å². The van der Waals surface area contributed by atoms with Crippen LogP contribution in [-0.2, 0) is 0 Å². The Bertz CT molecular complexity index is 438. The van der Waals surface area contributed by atoms with Gasteiger partial charge in [-0.1, -0.05) is 45.9 Å². The van der Waals surface area contributed by atoms with E-state index in [1.54, 1.807) is 11.8 Å². The zero-order valence-electron chi connectivity index (χ0n) is 11.8. The van der Waals surface area contributed by atoms with Crippen molar-refractivity contribution in [1.29, 1.82) is 0 Å². The highest BCUT2D eigenvalue weighted by molar-refractivity contribution is 5.80. The molecule has 0 unspecified atom stereocenters. The largest absolute Gasteiger partial charge is 0.274 e. The topological polar surface area (TPSA) is 13.1 Å². The fourth-order valence-electron chi connectivity index (χ4n) is 1.47. The average molecular weight is 234 g/mol. The van der Waals surface area contributed by atoms with Crippen molar-refractivity contribution < 1.29 is 9.57 Å². The van der Waals surface area contributed by atoms with Gasteiger partial charge in [-0.05, 0) is 11.5 Å². The Balaban J connectivity index is 0.000000581. The number of aromatic nitrogens is 1. The van der Waals surface area contributed by atoms with Gasteiger partial charge in [-0.15, -0.1) is 0 Å². The van der Waals surface area contributed by atoms with Gasteiger partial charge in [-0.2, -0.15) is 0 Å².